The molecule has 10 heteroatoms. The van der Waals surface area contributed by atoms with E-state index in [0.717, 1.165) is 44.1 Å². The number of nitrogens with zero attached hydrogens (tertiary/aromatic N) is 5. The van der Waals surface area contributed by atoms with Crippen molar-refractivity contribution in [3.05, 3.63) is 69.2 Å². The van der Waals surface area contributed by atoms with Crippen molar-refractivity contribution in [2.75, 3.05) is 13.2 Å². The molecule has 238 valence electrons. The summed E-state index contributed by atoms with van der Waals surface area (Å²) in [6, 6.07) is 12.7. The molecule has 2 heterocycles. The van der Waals surface area contributed by atoms with Crippen LogP contribution in [0, 0.1) is 16.7 Å². The molecule has 2 saturated carbocycles. The second-order valence-corrected chi connectivity index (χ2v) is 15.4. The van der Waals surface area contributed by atoms with Gasteiger partial charge in [0.1, 0.15) is 11.4 Å². The van der Waals surface area contributed by atoms with Crippen molar-refractivity contribution in [1.29, 1.82) is 0 Å². The number of hydrogen-bond donors (Lipinski definition) is 1. The number of amidine groups is 1. The van der Waals surface area contributed by atoms with Gasteiger partial charge in [-0.25, -0.2) is 4.99 Å². The van der Waals surface area contributed by atoms with E-state index in [2.05, 4.69) is 53.1 Å². The van der Waals surface area contributed by atoms with Crippen LogP contribution in [-0.4, -0.2) is 47.1 Å². The molecule has 1 N–H and O–H groups in total. The lowest BCUT2D eigenvalue weighted by Gasteiger charge is -2.47. The van der Waals surface area contributed by atoms with Crippen molar-refractivity contribution in [2.24, 2.45) is 37.0 Å². The molecule has 6 rings (SSSR count). The van der Waals surface area contributed by atoms with Gasteiger partial charge in [0, 0.05) is 21.2 Å². The normalized spacial score (nSPS) is 24.5. The Balaban J connectivity index is 1.34. The van der Waals surface area contributed by atoms with E-state index < -0.39 is 5.66 Å². The first-order valence-corrected chi connectivity index (χ1v) is 16.8. The Morgan fingerprint density at radius 2 is 1.71 bits per heavy atom. The Hall–Kier alpha value is -3.10. The van der Waals surface area contributed by atoms with Gasteiger partial charge in [-0.15, -0.1) is 5.11 Å². The Morgan fingerprint density at radius 3 is 2.29 bits per heavy atom. The summed E-state index contributed by atoms with van der Waals surface area (Å²) < 4.78 is 0. The number of nitrogens with one attached hydrogen (secondary N) is 1. The average Bonchev–Trinajstić information content (AvgIpc) is 3.38. The molecule has 2 aliphatic heterocycles. The van der Waals surface area contributed by atoms with Crippen molar-refractivity contribution in [1.82, 2.24) is 10.2 Å². The quantitative estimate of drug-likeness (QED) is 0.295. The highest BCUT2D eigenvalue weighted by molar-refractivity contribution is 6.47. The van der Waals surface area contributed by atoms with Gasteiger partial charge in [-0.3, -0.25) is 14.6 Å². The number of aliphatic imine (C=N–C) groups is 2. The summed E-state index contributed by atoms with van der Waals surface area (Å²) in [5.74, 6) is 0.788. The lowest BCUT2D eigenvalue weighted by atomic mass is 9.69. The molecule has 0 saturated heterocycles. The van der Waals surface area contributed by atoms with Crippen LogP contribution in [0.25, 0.3) is 0 Å². The molecule has 0 aromatic heterocycles. The van der Waals surface area contributed by atoms with Crippen LogP contribution in [-0.2, 0) is 4.79 Å². The minimum absolute atomic E-state index is 0.0817. The van der Waals surface area contributed by atoms with Crippen LogP contribution in [0.2, 0.25) is 10.0 Å². The summed E-state index contributed by atoms with van der Waals surface area (Å²) in [6.45, 7) is 9.79. The zero-order valence-corrected chi connectivity index (χ0v) is 28.1. The zero-order valence-electron chi connectivity index (χ0n) is 26.6. The van der Waals surface area contributed by atoms with Crippen LogP contribution in [0.15, 0.2) is 62.7 Å². The standard InChI is InChI=1S/C35H42Cl2N6O2/c1-33(2,3)25-9-13-35(14-10-25)41-30(24-17-26(36)19-27(37)18-24)32(45)43(35)28(11-12-34(4)15-16-34)22-5-7-23(8-6-22)31(44)38-20-29-39-21-40-42-29/h5-8,17-19,25,28H,9-16,20-21H2,1-4H3,(H,38,44)/t25?,28-,35?/m1/s1. The molecule has 2 aromatic carbocycles. The maximum absolute atomic E-state index is 14.6. The molecule has 2 amide bonds. The van der Waals surface area contributed by atoms with E-state index in [4.69, 9.17) is 28.2 Å². The molecular formula is C35H42Cl2N6O2. The van der Waals surface area contributed by atoms with Gasteiger partial charge >= 0.3 is 0 Å². The Kier molecular flexibility index (Phi) is 8.68. The number of carbonyl (C=O) groups excluding carboxylic acids is 2. The molecule has 4 aliphatic rings. The Labute approximate surface area is 275 Å². The van der Waals surface area contributed by atoms with E-state index in [0.29, 0.717) is 50.7 Å². The van der Waals surface area contributed by atoms with Crippen LogP contribution in [0.4, 0.5) is 0 Å². The van der Waals surface area contributed by atoms with Crippen molar-refractivity contribution < 1.29 is 9.59 Å². The van der Waals surface area contributed by atoms with Gasteiger partial charge in [-0.05, 0) is 104 Å². The second kappa shape index (κ2) is 12.3. The molecule has 2 fully saturated rings. The van der Waals surface area contributed by atoms with Crippen LogP contribution in [0.3, 0.4) is 0 Å². The topological polar surface area (TPSA) is 98.9 Å². The highest BCUT2D eigenvalue weighted by Crippen LogP contribution is 2.53. The first kappa shape index (κ1) is 31.9. The summed E-state index contributed by atoms with van der Waals surface area (Å²) in [4.78, 5) is 39.1. The van der Waals surface area contributed by atoms with Gasteiger partial charge in [0.2, 0.25) is 0 Å². The minimum Gasteiger partial charge on any atom is -0.345 e. The van der Waals surface area contributed by atoms with Gasteiger partial charge in [0.15, 0.2) is 12.5 Å². The molecule has 2 aliphatic carbocycles. The maximum atomic E-state index is 14.6. The number of benzene rings is 2. The molecule has 0 bridgehead atoms. The van der Waals surface area contributed by atoms with E-state index in [-0.39, 0.29) is 29.8 Å². The third kappa shape index (κ3) is 6.87. The summed E-state index contributed by atoms with van der Waals surface area (Å²) in [5.41, 5.74) is 2.48. The third-order valence-corrected chi connectivity index (χ3v) is 10.7. The first-order chi connectivity index (χ1) is 21.4. The summed E-state index contributed by atoms with van der Waals surface area (Å²) in [5, 5.41) is 11.6. The first-order valence-electron chi connectivity index (χ1n) is 16.0. The molecule has 45 heavy (non-hydrogen) atoms. The smallest absolute Gasteiger partial charge is 0.275 e. The largest absolute Gasteiger partial charge is 0.345 e. The predicted molar refractivity (Wildman–Crippen MR) is 179 cm³/mol. The fourth-order valence-corrected chi connectivity index (χ4v) is 7.61. The predicted octanol–water partition coefficient (Wildman–Crippen LogP) is 8.43. The maximum Gasteiger partial charge on any atom is 0.275 e. The average molecular weight is 650 g/mol. The van der Waals surface area contributed by atoms with Gasteiger partial charge in [-0.2, -0.15) is 5.11 Å². The number of hydrogen-bond acceptors (Lipinski definition) is 6. The minimum atomic E-state index is -0.648. The lowest BCUT2D eigenvalue weighted by Crippen LogP contribution is -2.51. The molecular weight excluding hydrogens is 607 g/mol. The van der Waals surface area contributed by atoms with E-state index in [1.807, 2.05) is 24.3 Å². The van der Waals surface area contributed by atoms with Crippen LogP contribution in [0.5, 0.6) is 0 Å². The third-order valence-electron chi connectivity index (χ3n) is 10.2. The number of amides is 2. The van der Waals surface area contributed by atoms with Crippen LogP contribution < -0.4 is 5.32 Å². The Morgan fingerprint density at radius 1 is 1.04 bits per heavy atom. The van der Waals surface area contributed by atoms with Crippen molar-refractivity contribution in [3.63, 3.8) is 0 Å². The zero-order chi connectivity index (χ0) is 32.0. The monoisotopic (exact) mass is 648 g/mol. The summed E-state index contributed by atoms with van der Waals surface area (Å²) >= 11 is 12.8. The fraction of sp³-hybridized carbons (Fsp3) is 0.543. The highest BCUT2D eigenvalue weighted by Gasteiger charge is 2.53. The number of rotatable bonds is 9. The van der Waals surface area contributed by atoms with Gasteiger partial charge in [0.05, 0.1) is 12.6 Å². The molecule has 8 nitrogen and oxygen atoms in total. The van der Waals surface area contributed by atoms with E-state index in [1.54, 1.807) is 18.2 Å². The number of halogens is 2. The molecule has 0 unspecified atom stereocenters. The summed E-state index contributed by atoms with van der Waals surface area (Å²) in [6.07, 6.45) is 7.84. The number of carbonyl (C=O) groups is 2. The number of azo groups is 1. The van der Waals surface area contributed by atoms with Crippen LogP contribution >= 0.6 is 23.2 Å². The van der Waals surface area contributed by atoms with Crippen molar-refractivity contribution >= 4 is 46.6 Å². The highest BCUT2D eigenvalue weighted by atomic mass is 35.5. The fourth-order valence-electron chi connectivity index (χ4n) is 7.08. The van der Waals surface area contributed by atoms with E-state index >= 15 is 0 Å². The second-order valence-electron chi connectivity index (χ2n) is 14.5. The summed E-state index contributed by atoms with van der Waals surface area (Å²) in [7, 11) is 0. The van der Waals surface area contributed by atoms with Crippen molar-refractivity contribution in [3.8, 4) is 0 Å². The molecule has 0 radical (unpaired) electrons. The van der Waals surface area contributed by atoms with Gasteiger partial charge < -0.3 is 10.2 Å². The SMILES string of the molecule is CC1(CC[C@H](c2ccc(C(=O)NCC3=NCN=N3)cc2)N2C(=O)C(c3cc(Cl)cc(Cl)c3)=NC23CCC(C(C)(C)C)CC3)CC1. The Bertz CT molecular complexity index is 1540. The molecule has 1 spiro atoms. The molecule has 2 aromatic rings. The molecule has 1 atom stereocenters. The van der Waals surface area contributed by atoms with E-state index in [1.165, 1.54) is 12.8 Å². The van der Waals surface area contributed by atoms with Crippen molar-refractivity contribution in [2.45, 2.75) is 90.8 Å². The van der Waals surface area contributed by atoms with Gasteiger partial charge in [-0.1, -0.05) is 63.0 Å². The van der Waals surface area contributed by atoms with Gasteiger partial charge in [0.25, 0.3) is 11.8 Å². The van der Waals surface area contributed by atoms with Crippen LogP contribution in [0.1, 0.15) is 107 Å². The lowest BCUT2D eigenvalue weighted by molar-refractivity contribution is -0.134. The van der Waals surface area contributed by atoms with E-state index in [9.17, 15) is 9.59 Å².